The maximum absolute atomic E-state index is 10.1. The molecule has 0 unspecified atom stereocenters. The van der Waals surface area contributed by atoms with Gasteiger partial charge in [-0.05, 0) is 35.4 Å². The number of rotatable bonds is 4. The summed E-state index contributed by atoms with van der Waals surface area (Å²) < 4.78 is 0. The highest BCUT2D eigenvalue weighted by atomic mass is 16.4. The van der Waals surface area contributed by atoms with Crippen LogP contribution in [0.3, 0.4) is 0 Å². The minimum Gasteiger partial charge on any atom is -0.504 e. The van der Waals surface area contributed by atoms with Crippen molar-refractivity contribution >= 4 is 11.4 Å². The van der Waals surface area contributed by atoms with E-state index in [0.717, 1.165) is 0 Å². The highest BCUT2D eigenvalue weighted by molar-refractivity contribution is 5.87. The summed E-state index contributed by atoms with van der Waals surface area (Å²) in [6.45, 7) is 0. The molecule has 0 fully saturated rings. The van der Waals surface area contributed by atoms with Gasteiger partial charge in [0.2, 0.25) is 34.5 Å². The van der Waals surface area contributed by atoms with Gasteiger partial charge in [-0.2, -0.15) is 0 Å². The fourth-order valence-electron chi connectivity index (χ4n) is 3.52. The zero-order chi connectivity index (χ0) is 25.6. The molecular weight excluding hydrogens is 462 g/mol. The van der Waals surface area contributed by atoms with Crippen LogP contribution in [0.25, 0.3) is 22.3 Å². The van der Waals surface area contributed by atoms with Crippen molar-refractivity contribution in [1.29, 1.82) is 0 Å². The molecule has 0 spiro atoms. The van der Waals surface area contributed by atoms with Crippen LogP contribution in [0, 0.1) is 0 Å². The van der Waals surface area contributed by atoms with Crippen molar-refractivity contribution < 1.29 is 51.1 Å². The lowest BCUT2D eigenvalue weighted by molar-refractivity contribution is 0.330. The van der Waals surface area contributed by atoms with E-state index in [1.54, 1.807) is 24.3 Å². The van der Waals surface area contributed by atoms with Crippen LogP contribution in [0.2, 0.25) is 0 Å². The third kappa shape index (κ3) is 3.66. The van der Waals surface area contributed by atoms with Crippen LogP contribution in [-0.2, 0) is 0 Å². The Kier molecular flexibility index (Phi) is 5.37. The van der Waals surface area contributed by atoms with Crippen LogP contribution in [-0.4, -0.2) is 51.1 Å². The number of anilines is 2. The third-order valence-electron chi connectivity index (χ3n) is 5.38. The van der Waals surface area contributed by atoms with E-state index in [0.29, 0.717) is 11.4 Å². The van der Waals surface area contributed by atoms with Gasteiger partial charge in [-0.3, -0.25) is 0 Å². The van der Waals surface area contributed by atoms with Gasteiger partial charge in [-0.1, -0.05) is 24.3 Å². The molecule has 11 nitrogen and oxygen atoms in total. The van der Waals surface area contributed by atoms with Gasteiger partial charge in [-0.25, -0.2) is 0 Å². The highest BCUT2D eigenvalue weighted by Crippen LogP contribution is 2.55. The summed E-state index contributed by atoms with van der Waals surface area (Å²) in [6.07, 6.45) is 0. The van der Waals surface area contributed by atoms with Crippen LogP contribution in [0.1, 0.15) is 0 Å². The lowest BCUT2D eigenvalue weighted by atomic mass is 10.0. The van der Waals surface area contributed by atoms with E-state index in [4.69, 9.17) is 0 Å². The van der Waals surface area contributed by atoms with E-state index in [1.165, 1.54) is 24.3 Å². The van der Waals surface area contributed by atoms with Gasteiger partial charge in [0, 0.05) is 11.4 Å². The van der Waals surface area contributed by atoms with Crippen LogP contribution in [0.5, 0.6) is 57.5 Å². The monoisotopic (exact) mass is 481 g/mol. The predicted molar refractivity (Wildman–Crippen MR) is 124 cm³/mol. The largest absolute Gasteiger partial charge is 0.504 e. The highest BCUT2D eigenvalue weighted by Gasteiger charge is 2.25. The third-order valence-corrected chi connectivity index (χ3v) is 5.38. The molecule has 180 valence electrons. The first kappa shape index (κ1) is 22.9. The van der Waals surface area contributed by atoms with Crippen molar-refractivity contribution in [3.05, 3.63) is 48.5 Å². The molecule has 11 heteroatoms. The van der Waals surface area contributed by atoms with E-state index in [9.17, 15) is 51.1 Å². The molecule has 0 saturated carbocycles. The van der Waals surface area contributed by atoms with Crippen molar-refractivity contribution in [2.45, 2.75) is 0 Å². The molecular formula is C24H19NO10. The first-order valence-electron chi connectivity index (χ1n) is 9.88. The SMILES string of the molecule is Oc1c(O)c(O)c(-c2ccc(Nc3ccc(-c4c(O)c(O)c(O)c(O)c4O)cc3)cc2)c(O)c1O. The second-order valence-corrected chi connectivity index (χ2v) is 7.52. The van der Waals surface area contributed by atoms with Crippen LogP contribution >= 0.6 is 0 Å². The van der Waals surface area contributed by atoms with Crippen LogP contribution in [0.4, 0.5) is 11.4 Å². The van der Waals surface area contributed by atoms with Gasteiger partial charge in [-0.15, -0.1) is 0 Å². The summed E-state index contributed by atoms with van der Waals surface area (Å²) in [4.78, 5) is 0. The minimum atomic E-state index is -1.05. The molecule has 4 aromatic rings. The van der Waals surface area contributed by atoms with E-state index in [2.05, 4.69) is 5.32 Å². The summed E-state index contributed by atoms with van der Waals surface area (Å²) in [5.74, 6) is -9.28. The topological polar surface area (TPSA) is 214 Å². The van der Waals surface area contributed by atoms with E-state index in [-0.39, 0.29) is 22.3 Å². The number of nitrogens with one attached hydrogen (secondary N) is 1. The molecule has 0 aromatic heterocycles. The van der Waals surface area contributed by atoms with Gasteiger partial charge >= 0.3 is 0 Å². The summed E-state index contributed by atoms with van der Waals surface area (Å²) >= 11 is 0. The molecule has 0 aliphatic heterocycles. The van der Waals surface area contributed by atoms with Crippen molar-refractivity contribution in [2.75, 3.05) is 5.32 Å². The Morgan fingerprint density at radius 2 is 0.543 bits per heavy atom. The van der Waals surface area contributed by atoms with Gasteiger partial charge in [0.05, 0.1) is 11.1 Å². The smallest absolute Gasteiger partial charge is 0.208 e. The molecule has 0 aliphatic carbocycles. The van der Waals surface area contributed by atoms with Crippen molar-refractivity contribution in [1.82, 2.24) is 0 Å². The fourth-order valence-corrected chi connectivity index (χ4v) is 3.52. The molecule has 35 heavy (non-hydrogen) atoms. The molecule has 0 atom stereocenters. The maximum atomic E-state index is 10.1. The van der Waals surface area contributed by atoms with Crippen LogP contribution < -0.4 is 5.32 Å². The van der Waals surface area contributed by atoms with Gasteiger partial charge in [0.15, 0.2) is 23.0 Å². The number of aromatic hydroxyl groups is 10. The second-order valence-electron chi connectivity index (χ2n) is 7.52. The Labute approximate surface area is 196 Å². The predicted octanol–water partition coefficient (Wildman–Crippen LogP) is 3.82. The summed E-state index contributed by atoms with van der Waals surface area (Å²) in [7, 11) is 0. The maximum Gasteiger partial charge on any atom is 0.208 e. The normalized spacial score (nSPS) is 10.9. The molecule has 0 amide bonds. The lowest BCUT2D eigenvalue weighted by Gasteiger charge is -2.14. The Morgan fingerprint density at radius 1 is 0.314 bits per heavy atom. The molecule has 0 bridgehead atoms. The fraction of sp³-hybridized carbons (Fsp3) is 0. The Balaban J connectivity index is 1.60. The van der Waals surface area contributed by atoms with E-state index in [1.807, 2.05) is 0 Å². The first-order chi connectivity index (χ1) is 16.5. The zero-order valence-electron chi connectivity index (χ0n) is 17.6. The Hall–Kier alpha value is -5.32. The number of hydrogen-bond acceptors (Lipinski definition) is 11. The van der Waals surface area contributed by atoms with Crippen molar-refractivity contribution in [3.8, 4) is 79.7 Å². The van der Waals surface area contributed by atoms with E-state index >= 15 is 0 Å². The number of phenolic OH excluding ortho intramolecular Hbond substituents is 10. The number of hydrogen-bond donors (Lipinski definition) is 11. The average Bonchev–Trinajstić information content (AvgIpc) is 2.86. The second kappa shape index (κ2) is 8.23. The lowest BCUT2D eigenvalue weighted by Crippen LogP contribution is -1.91. The Morgan fingerprint density at radius 3 is 0.800 bits per heavy atom. The molecule has 11 N–H and O–H groups in total. The number of benzene rings is 4. The molecule has 0 radical (unpaired) electrons. The number of phenols is 10. The van der Waals surface area contributed by atoms with Crippen LogP contribution in [0.15, 0.2) is 48.5 Å². The summed E-state index contributed by atoms with van der Waals surface area (Å²) in [5.41, 5.74) is 0.993. The quantitative estimate of drug-likeness (QED) is 0.149. The average molecular weight is 481 g/mol. The summed E-state index contributed by atoms with van der Waals surface area (Å²) in [6, 6.07) is 12.2. The standard InChI is InChI=1S/C24H19NO10/c26-15-13(16(27)20(31)23(34)19(15)30)9-1-5-11(6-2-9)25-12-7-3-10(4-8-12)14-17(28)21(32)24(35)22(33)18(14)29/h1-8,25-35H. The molecule has 4 aromatic carbocycles. The zero-order valence-corrected chi connectivity index (χ0v) is 17.6. The van der Waals surface area contributed by atoms with Gasteiger partial charge in [0.1, 0.15) is 0 Å². The van der Waals surface area contributed by atoms with E-state index < -0.39 is 57.5 Å². The molecule has 0 heterocycles. The molecule has 0 aliphatic rings. The minimum absolute atomic E-state index is 0.226. The molecule has 0 saturated heterocycles. The Bertz CT molecular complexity index is 1280. The first-order valence-corrected chi connectivity index (χ1v) is 9.88. The van der Waals surface area contributed by atoms with Gasteiger partial charge < -0.3 is 56.4 Å². The van der Waals surface area contributed by atoms with Gasteiger partial charge in [0.25, 0.3) is 0 Å². The van der Waals surface area contributed by atoms with Crippen molar-refractivity contribution in [3.63, 3.8) is 0 Å². The van der Waals surface area contributed by atoms with Crippen molar-refractivity contribution in [2.24, 2.45) is 0 Å². The molecule has 4 rings (SSSR count). The summed E-state index contributed by atoms with van der Waals surface area (Å²) in [5, 5.41) is 101.